The van der Waals surface area contributed by atoms with Crippen LogP contribution in [0.4, 0.5) is 0 Å². The molecule has 15 heavy (non-hydrogen) atoms. The van der Waals surface area contributed by atoms with Crippen molar-refractivity contribution in [1.29, 1.82) is 0 Å². The van der Waals surface area contributed by atoms with Crippen LogP contribution in [0.25, 0.3) is 10.6 Å². The van der Waals surface area contributed by atoms with Gasteiger partial charge in [0.25, 0.3) is 0 Å². The van der Waals surface area contributed by atoms with Crippen molar-refractivity contribution in [3.8, 4) is 10.6 Å². The molecule has 0 radical (unpaired) electrons. The molecule has 0 bridgehead atoms. The van der Waals surface area contributed by atoms with E-state index in [0.29, 0.717) is 10.6 Å². The summed E-state index contributed by atoms with van der Waals surface area (Å²) in [5.74, 6) is -1.27. The molecule has 70 valence electrons. The Labute approximate surface area is 112 Å². The SMILES string of the molecule is O=C([O-])c1ncsc1-c1ccccn1.[Na+]. The Morgan fingerprint density at radius 1 is 1.33 bits per heavy atom. The molecule has 0 aliphatic rings. The van der Waals surface area contributed by atoms with E-state index in [0.717, 1.165) is 0 Å². The fraction of sp³-hybridized carbons (Fsp3) is 0. The molecule has 2 rings (SSSR count). The Kier molecular flexibility index (Phi) is 4.41. The van der Waals surface area contributed by atoms with Crippen molar-refractivity contribution >= 4 is 17.3 Å². The first-order valence-corrected chi connectivity index (χ1v) is 4.73. The molecule has 0 amide bonds. The summed E-state index contributed by atoms with van der Waals surface area (Å²) in [7, 11) is 0. The molecular weight excluding hydrogens is 223 g/mol. The quantitative estimate of drug-likeness (QED) is 0.536. The second-order valence-corrected chi connectivity index (χ2v) is 3.39. The van der Waals surface area contributed by atoms with Crippen LogP contribution < -0.4 is 34.7 Å². The minimum Gasteiger partial charge on any atom is -0.543 e. The van der Waals surface area contributed by atoms with E-state index in [2.05, 4.69) is 9.97 Å². The molecule has 0 fully saturated rings. The number of carboxylic acids is 1. The fourth-order valence-electron chi connectivity index (χ4n) is 1.07. The van der Waals surface area contributed by atoms with Crippen molar-refractivity contribution in [3.63, 3.8) is 0 Å². The van der Waals surface area contributed by atoms with E-state index >= 15 is 0 Å². The summed E-state index contributed by atoms with van der Waals surface area (Å²) in [5, 5.41) is 10.7. The minimum atomic E-state index is -1.27. The van der Waals surface area contributed by atoms with Crippen LogP contribution in [0, 0.1) is 0 Å². The Bertz CT molecular complexity index is 458. The van der Waals surface area contributed by atoms with Gasteiger partial charge in [-0.1, -0.05) is 6.07 Å². The van der Waals surface area contributed by atoms with E-state index in [-0.39, 0.29) is 35.3 Å². The fourth-order valence-corrected chi connectivity index (χ4v) is 1.82. The van der Waals surface area contributed by atoms with Crippen LogP contribution in [0.1, 0.15) is 10.5 Å². The van der Waals surface area contributed by atoms with Gasteiger partial charge < -0.3 is 9.90 Å². The van der Waals surface area contributed by atoms with Crippen molar-refractivity contribution in [2.45, 2.75) is 0 Å². The maximum absolute atomic E-state index is 10.7. The van der Waals surface area contributed by atoms with Crippen LogP contribution in [0.5, 0.6) is 0 Å². The zero-order chi connectivity index (χ0) is 9.97. The third-order valence-corrected chi connectivity index (χ3v) is 2.51. The van der Waals surface area contributed by atoms with Crippen LogP contribution in [0.3, 0.4) is 0 Å². The van der Waals surface area contributed by atoms with Gasteiger partial charge in [0.2, 0.25) is 0 Å². The predicted molar refractivity (Wildman–Crippen MR) is 49.7 cm³/mol. The molecule has 2 aromatic heterocycles. The molecular formula is C9H5N2NaO2S. The van der Waals surface area contributed by atoms with Crippen molar-refractivity contribution < 1.29 is 39.5 Å². The average molecular weight is 228 g/mol. The summed E-state index contributed by atoms with van der Waals surface area (Å²) in [6, 6.07) is 5.30. The van der Waals surface area contributed by atoms with Gasteiger partial charge in [0.15, 0.2) is 0 Å². The zero-order valence-corrected chi connectivity index (χ0v) is 10.8. The van der Waals surface area contributed by atoms with Crippen molar-refractivity contribution in [2.24, 2.45) is 0 Å². The Balaban J connectivity index is 0.00000112. The number of thiazole rings is 1. The number of aromatic nitrogens is 2. The van der Waals surface area contributed by atoms with Crippen molar-refractivity contribution in [1.82, 2.24) is 9.97 Å². The summed E-state index contributed by atoms with van der Waals surface area (Å²) in [4.78, 5) is 18.9. The van der Waals surface area contributed by atoms with Gasteiger partial charge in [-0.2, -0.15) is 0 Å². The van der Waals surface area contributed by atoms with E-state index in [4.69, 9.17) is 0 Å². The molecule has 0 unspecified atom stereocenters. The van der Waals surface area contributed by atoms with Gasteiger partial charge in [0, 0.05) is 6.20 Å². The molecule has 0 atom stereocenters. The maximum Gasteiger partial charge on any atom is 1.00 e. The van der Waals surface area contributed by atoms with E-state index in [9.17, 15) is 9.90 Å². The number of rotatable bonds is 2. The number of carbonyl (C=O) groups is 1. The summed E-state index contributed by atoms with van der Waals surface area (Å²) in [6.45, 7) is 0. The van der Waals surface area contributed by atoms with Crippen LogP contribution in [0.2, 0.25) is 0 Å². The first kappa shape index (κ1) is 12.3. The largest absolute Gasteiger partial charge is 1.00 e. The Hall–Kier alpha value is -0.750. The zero-order valence-electron chi connectivity index (χ0n) is 8.01. The van der Waals surface area contributed by atoms with Crippen LogP contribution >= 0.6 is 11.3 Å². The second kappa shape index (κ2) is 5.37. The van der Waals surface area contributed by atoms with Crippen LogP contribution in [-0.4, -0.2) is 15.9 Å². The predicted octanol–water partition coefficient (Wildman–Crippen LogP) is -2.43. The summed E-state index contributed by atoms with van der Waals surface area (Å²) >= 11 is 1.24. The van der Waals surface area contributed by atoms with E-state index in [1.807, 2.05) is 0 Å². The third-order valence-electron chi connectivity index (χ3n) is 1.66. The van der Waals surface area contributed by atoms with Gasteiger partial charge in [-0.25, -0.2) is 4.98 Å². The first-order valence-electron chi connectivity index (χ1n) is 3.85. The van der Waals surface area contributed by atoms with Gasteiger partial charge in [0.05, 0.1) is 22.1 Å². The number of aromatic carboxylic acids is 1. The topological polar surface area (TPSA) is 65.9 Å². The van der Waals surface area contributed by atoms with Crippen LogP contribution in [-0.2, 0) is 0 Å². The van der Waals surface area contributed by atoms with Gasteiger partial charge in [-0.05, 0) is 12.1 Å². The molecule has 0 saturated heterocycles. The maximum atomic E-state index is 10.7. The number of hydrogen-bond acceptors (Lipinski definition) is 5. The van der Waals surface area contributed by atoms with E-state index < -0.39 is 5.97 Å². The van der Waals surface area contributed by atoms with Crippen molar-refractivity contribution in [3.05, 3.63) is 35.6 Å². The number of carboxylic acid groups (broad SMARTS) is 1. The van der Waals surface area contributed by atoms with Gasteiger partial charge in [-0.3, -0.25) is 4.98 Å². The smallest absolute Gasteiger partial charge is 0.543 e. The number of carbonyl (C=O) groups excluding carboxylic acids is 1. The van der Waals surface area contributed by atoms with Gasteiger partial charge in [0.1, 0.15) is 5.69 Å². The minimum absolute atomic E-state index is 0. The normalized spacial score (nSPS) is 9.33. The average Bonchev–Trinajstić information content (AvgIpc) is 2.67. The molecule has 2 heterocycles. The molecule has 4 nitrogen and oxygen atoms in total. The van der Waals surface area contributed by atoms with Crippen LogP contribution in [0.15, 0.2) is 29.9 Å². The van der Waals surface area contributed by atoms with E-state index in [1.54, 1.807) is 24.4 Å². The summed E-state index contributed by atoms with van der Waals surface area (Å²) in [5.41, 5.74) is 2.03. The molecule has 0 aromatic carbocycles. The third kappa shape index (κ3) is 2.63. The summed E-state index contributed by atoms with van der Waals surface area (Å²) in [6.07, 6.45) is 1.61. The monoisotopic (exact) mass is 228 g/mol. The standard InChI is InChI=1S/C9H6N2O2S.Na/c12-9(13)7-8(14-5-11-7)6-3-1-2-4-10-6;/h1-5H,(H,12,13);/q;+1/p-1. The number of pyridine rings is 1. The summed E-state index contributed by atoms with van der Waals surface area (Å²) < 4.78 is 0. The Morgan fingerprint density at radius 2 is 2.13 bits per heavy atom. The molecule has 0 aliphatic carbocycles. The molecule has 0 saturated carbocycles. The molecule has 0 N–H and O–H groups in total. The second-order valence-electron chi connectivity index (χ2n) is 2.53. The molecule has 6 heteroatoms. The number of hydrogen-bond donors (Lipinski definition) is 0. The van der Waals surface area contributed by atoms with E-state index in [1.165, 1.54) is 16.8 Å². The molecule has 2 aromatic rings. The van der Waals surface area contributed by atoms with Crippen molar-refractivity contribution in [2.75, 3.05) is 0 Å². The molecule has 0 aliphatic heterocycles. The van der Waals surface area contributed by atoms with Gasteiger partial charge in [-0.15, -0.1) is 11.3 Å². The first-order chi connectivity index (χ1) is 6.79. The van der Waals surface area contributed by atoms with Gasteiger partial charge >= 0.3 is 29.6 Å². The number of nitrogens with zero attached hydrogens (tertiary/aromatic N) is 2. The Morgan fingerprint density at radius 3 is 2.73 bits per heavy atom. The molecule has 0 spiro atoms.